The van der Waals surface area contributed by atoms with Crippen molar-refractivity contribution in [3.8, 4) is 0 Å². The van der Waals surface area contributed by atoms with Gasteiger partial charge in [-0.25, -0.2) is 9.18 Å². The predicted octanol–water partition coefficient (Wildman–Crippen LogP) is 4.66. The van der Waals surface area contributed by atoms with Gasteiger partial charge in [-0.1, -0.05) is 30.4 Å². The highest BCUT2D eigenvalue weighted by atomic mass is 19.1. The van der Waals surface area contributed by atoms with Gasteiger partial charge in [0.25, 0.3) is 0 Å². The van der Waals surface area contributed by atoms with Crippen LogP contribution in [0.3, 0.4) is 0 Å². The van der Waals surface area contributed by atoms with Crippen LogP contribution in [0.2, 0.25) is 0 Å². The summed E-state index contributed by atoms with van der Waals surface area (Å²) >= 11 is 0. The first kappa shape index (κ1) is 14.9. The Morgan fingerprint density at radius 3 is 2.88 bits per heavy atom. The van der Waals surface area contributed by atoms with Gasteiger partial charge in [0.15, 0.2) is 0 Å². The van der Waals surface area contributed by atoms with E-state index in [1.165, 1.54) is 6.07 Å². The van der Waals surface area contributed by atoms with Crippen molar-refractivity contribution in [1.82, 2.24) is 0 Å². The van der Waals surface area contributed by atoms with E-state index in [0.717, 1.165) is 28.8 Å². The largest absolute Gasteiger partial charge is 0.478 e. The minimum atomic E-state index is -0.927. The van der Waals surface area contributed by atoms with Crippen LogP contribution in [0.4, 0.5) is 10.1 Å². The van der Waals surface area contributed by atoms with Crippen LogP contribution in [-0.2, 0) is 0 Å². The van der Waals surface area contributed by atoms with Gasteiger partial charge in [-0.15, -0.1) is 0 Å². The van der Waals surface area contributed by atoms with Crippen LogP contribution in [0.15, 0.2) is 48.6 Å². The van der Waals surface area contributed by atoms with Crippen molar-refractivity contribution in [2.24, 2.45) is 5.92 Å². The Bertz CT molecular complexity index is 859. The minimum Gasteiger partial charge on any atom is -0.478 e. The van der Waals surface area contributed by atoms with Gasteiger partial charge in [-0.2, -0.15) is 0 Å². The summed E-state index contributed by atoms with van der Waals surface area (Å²) in [7, 11) is 0. The number of hydrogen-bond donors (Lipinski definition) is 2. The van der Waals surface area contributed by atoms with Crippen molar-refractivity contribution < 1.29 is 14.3 Å². The summed E-state index contributed by atoms with van der Waals surface area (Å²) in [6, 6.07) is 10.2. The summed E-state index contributed by atoms with van der Waals surface area (Å²) in [5.41, 5.74) is 3.94. The molecule has 1 heterocycles. The highest BCUT2D eigenvalue weighted by Gasteiger charge is 2.39. The first-order chi connectivity index (χ1) is 11.6. The molecular weight excluding hydrogens is 305 g/mol. The number of allylic oxidation sites excluding steroid dienone is 2. The van der Waals surface area contributed by atoms with Gasteiger partial charge < -0.3 is 10.4 Å². The van der Waals surface area contributed by atoms with E-state index in [2.05, 4.69) is 17.5 Å². The number of fused-ring (bicyclic) bond motifs is 3. The summed E-state index contributed by atoms with van der Waals surface area (Å²) in [6.07, 6.45) is 5.29. The molecule has 4 rings (SSSR count). The summed E-state index contributed by atoms with van der Waals surface area (Å²) in [5, 5.41) is 12.9. The van der Waals surface area contributed by atoms with Crippen LogP contribution in [-0.4, -0.2) is 11.1 Å². The molecule has 3 atom stereocenters. The van der Waals surface area contributed by atoms with E-state index in [-0.39, 0.29) is 17.8 Å². The second-order valence-electron chi connectivity index (χ2n) is 6.54. The van der Waals surface area contributed by atoms with Crippen molar-refractivity contribution >= 4 is 11.7 Å². The highest BCUT2D eigenvalue weighted by molar-refractivity contribution is 5.92. The molecule has 2 aliphatic rings. The second kappa shape index (κ2) is 5.48. The molecule has 0 spiro atoms. The summed E-state index contributed by atoms with van der Waals surface area (Å²) in [6.45, 7) is 1.83. The molecule has 4 heteroatoms. The molecule has 122 valence electrons. The highest BCUT2D eigenvalue weighted by Crippen LogP contribution is 2.50. The number of hydrogen-bond acceptors (Lipinski definition) is 2. The Balaban J connectivity index is 1.85. The summed E-state index contributed by atoms with van der Waals surface area (Å²) in [5.74, 6) is -0.632. The minimum absolute atomic E-state index is 0.0315. The predicted molar refractivity (Wildman–Crippen MR) is 90.9 cm³/mol. The van der Waals surface area contributed by atoms with E-state index in [1.807, 2.05) is 19.1 Å². The number of halogens is 1. The van der Waals surface area contributed by atoms with Gasteiger partial charge in [-0.05, 0) is 54.2 Å². The van der Waals surface area contributed by atoms with Gasteiger partial charge in [0.05, 0.1) is 11.6 Å². The van der Waals surface area contributed by atoms with Crippen molar-refractivity contribution in [3.05, 3.63) is 76.6 Å². The van der Waals surface area contributed by atoms with Crippen LogP contribution in [0.25, 0.3) is 0 Å². The van der Waals surface area contributed by atoms with E-state index in [9.17, 15) is 14.3 Å². The van der Waals surface area contributed by atoms with Gasteiger partial charge in [0.2, 0.25) is 0 Å². The number of carboxylic acids is 1. The monoisotopic (exact) mass is 323 g/mol. The first-order valence-corrected chi connectivity index (χ1v) is 8.11. The molecular formula is C20H18FNO2. The Morgan fingerprint density at radius 2 is 2.12 bits per heavy atom. The van der Waals surface area contributed by atoms with E-state index < -0.39 is 5.97 Å². The van der Waals surface area contributed by atoms with E-state index in [4.69, 9.17) is 0 Å². The SMILES string of the molecule is Cc1c(C(=O)O)ccc2c1N[C@H](c1cccc(F)c1)[C@@H]1CC=C[C@@H]21. The molecule has 0 aromatic heterocycles. The molecule has 1 aliphatic heterocycles. The Kier molecular flexibility index (Phi) is 3.41. The number of anilines is 1. The molecule has 2 N–H and O–H groups in total. The van der Waals surface area contributed by atoms with Gasteiger partial charge in [0.1, 0.15) is 5.82 Å². The fourth-order valence-electron chi connectivity index (χ4n) is 4.08. The molecule has 0 radical (unpaired) electrons. The van der Waals surface area contributed by atoms with Gasteiger partial charge in [0, 0.05) is 11.6 Å². The third-order valence-corrected chi connectivity index (χ3v) is 5.24. The summed E-state index contributed by atoms with van der Waals surface area (Å²) in [4.78, 5) is 11.4. The lowest BCUT2D eigenvalue weighted by molar-refractivity contribution is 0.0696. The van der Waals surface area contributed by atoms with Crippen molar-refractivity contribution in [2.45, 2.75) is 25.3 Å². The maximum atomic E-state index is 13.7. The standard InChI is InChI=1S/C20H18FNO2/c1-11-14(20(23)24)8-9-17-15-6-3-7-16(15)19(22-18(11)17)12-4-2-5-13(21)10-12/h2-6,8-10,15-16,19,22H,7H2,1H3,(H,23,24)/t15-,16-,19-/m1/s1. The van der Waals surface area contributed by atoms with Crippen LogP contribution < -0.4 is 5.32 Å². The van der Waals surface area contributed by atoms with Gasteiger partial charge in [-0.3, -0.25) is 0 Å². The number of aromatic carboxylic acids is 1. The molecule has 2 aromatic rings. The average Bonchev–Trinajstić information content (AvgIpc) is 3.04. The molecule has 0 saturated heterocycles. The maximum Gasteiger partial charge on any atom is 0.336 e. The smallest absolute Gasteiger partial charge is 0.336 e. The Hall–Kier alpha value is -2.62. The molecule has 0 fully saturated rings. The zero-order valence-corrected chi connectivity index (χ0v) is 13.3. The topological polar surface area (TPSA) is 49.3 Å². The second-order valence-corrected chi connectivity index (χ2v) is 6.54. The molecule has 2 aromatic carbocycles. The van der Waals surface area contributed by atoms with Crippen LogP contribution in [0, 0.1) is 18.7 Å². The van der Waals surface area contributed by atoms with Crippen LogP contribution >= 0.6 is 0 Å². The van der Waals surface area contributed by atoms with Crippen molar-refractivity contribution in [3.63, 3.8) is 0 Å². The van der Waals surface area contributed by atoms with E-state index in [0.29, 0.717) is 11.5 Å². The maximum absolute atomic E-state index is 13.7. The molecule has 3 nitrogen and oxygen atoms in total. The fraction of sp³-hybridized carbons (Fsp3) is 0.250. The third kappa shape index (κ3) is 2.21. The zero-order valence-electron chi connectivity index (χ0n) is 13.3. The fourth-order valence-corrected chi connectivity index (χ4v) is 4.08. The van der Waals surface area contributed by atoms with Gasteiger partial charge >= 0.3 is 5.97 Å². The molecule has 0 bridgehead atoms. The summed E-state index contributed by atoms with van der Waals surface area (Å²) < 4.78 is 13.7. The third-order valence-electron chi connectivity index (χ3n) is 5.24. The number of carboxylic acid groups (broad SMARTS) is 1. The molecule has 24 heavy (non-hydrogen) atoms. The lowest BCUT2D eigenvalue weighted by Gasteiger charge is -2.38. The van der Waals surface area contributed by atoms with Crippen molar-refractivity contribution in [2.75, 3.05) is 5.32 Å². The van der Waals surface area contributed by atoms with Crippen LogP contribution in [0.5, 0.6) is 0 Å². The number of benzene rings is 2. The Labute approximate surface area is 139 Å². The quantitative estimate of drug-likeness (QED) is 0.790. The van der Waals surface area contributed by atoms with Crippen molar-refractivity contribution in [1.29, 1.82) is 0 Å². The lowest BCUT2D eigenvalue weighted by Crippen LogP contribution is -2.30. The molecule has 0 saturated carbocycles. The first-order valence-electron chi connectivity index (χ1n) is 8.11. The normalized spacial score (nSPS) is 24.2. The van der Waals surface area contributed by atoms with E-state index >= 15 is 0 Å². The lowest BCUT2D eigenvalue weighted by atomic mass is 9.76. The van der Waals surface area contributed by atoms with E-state index in [1.54, 1.807) is 18.2 Å². The Morgan fingerprint density at radius 1 is 1.29 bits per heavy atom. The number of carbonyl (C=O) groups is 1. The molecule has 0 unspecified atom stereocenters. The zero-order chi connectivity index (χ0) is 16.8. The molecule has 0 amide bonds. The number of rotatable bonds is 2. The number of nitrogens with one attached hydrogen (secondary N) is 1. The van der Waals surface area contributed by atoms with Crippen LogP contribution in [0.1, 0.15) is 45.4 Å². The molecule has 1 aliphatic carbocycles. The average molecular weight is 323 g/mol.